The van der Waals surface area contributed by atoms with E-state index < -0.39 is 11.7 Å². The topological polar surface area (TPSA) is 85.7 Å². The molecule has 1 aromatic carbocycles. The molecule has 0 aliphatic carbocycles. The van der Waals surface area contributed by atoms with Crippen LogP contribution in [-0.4, -0.2) is 24.9 Å². The maximum Gasteiger partial charge on any atom is 0.417 e. The molecule has 10 heteroatoms. The molecule has 1 unspecified atom stereocenters. The summed E-state index contributed by atoms with van der Waals surface area (Å²) in [5.41, 5.74) is 1.18. The van der Waals surface area contributed by atoms with Gasteiger partial charge in [0.1, 0.15) is 17.6 Å². The quantitative estimate of drug-likeness (QED) is 0.504. The van der Waals surface area contributed by atoms with E-state index in [0.29, 0.717) is 22.7 Å². The number of aromatic nitrogens is 5. The number of rotatable bonds is 5. The lowest BCUT2D eigenvalue weighted by Gasteiger charge is -2.16. The number of nitrogens with one attached hydrogen (secondary N) is 1. The Bertz CT molecular complexity index is 1140. The molecule has 1 N–H and O–H groups in total. The van der Waals surface area contributed by atoms with Crippen LogP contribution in [0, 0.1) is 0 Å². The van der Waals surface area contributed by atoms with Crippen LogP contribution in [0.3, 0.4) is 0 Å². The summed E-state index contributed by atoms with van der Waals surface area (Å²) in [6, 6.07) is 9.11. The zero-order valence-corrected chi connectivity index (χ0v) is 15.6. The van der Waals surface area contributed by atoms with Gasteiger partial charge in [-0.25, -0.2) is 24.9 Å². The SMILES string of the molecule is CC(Nc1ncnc2nccnc12)c1ccc(Oc2ccc(C(F)(F)F)cn2)cc1. The predicted molar refractivity (Wildman–Crippen MR) is 103 cm³/mol. The van der Waals surface area contributed by atoms with Gasteiger partial charge in [0, 0.05) is 24.7 Å². The second-order valence-corrected chi connectivity index (χ2v) is 6.37. The molecule has 0 aliphatic rings. The van der Waals surface area contributed by atoms with Crippen LogP contribution in [0.2, 0.25) is 0 Å². The normalized spacial score (nSPS) is 12.5. The van der Waals surface area contributed by atoms with E-state index in [9.17, 15) is 13.2 Å². The number of anilines is 1. The Kier molecular flexibility index (Phi) is 5.13. The maximum atomic E-state index is 12.6. The molecule has 7 nitrogen and oxygen atoms in total. The Morgan fingerprint density at radius 1 is 0.900 bits per heavy atom. The van der Waals surface area contributed by atoms with Crippen LogP contribution in [0.1, 0.15) is 24.1 Å². The van der Waals surface area contributed by atoms with Gasteiger partial charge in [0.2, 0.25) is 5.88 Å². The van der Waals surface area contributed by atoms with Gasteiger partial charge in [-0.05, 0) is 30.7 Å². The predicted octanol–water partition coefficient (Wildman–Crippen LogP) is 4.80. The van der Waals surface area contributed by atoms with Crippen molar-refractivity contribution >= 4 is 17.0 Å². The lowest BCUT2D eigenvalue weighted by molar-refractivity contribution is -0.137. The molecular formula is C20H15F3N6O. The molecule has 30 heavy (non-hydrogen) atoms. The van der Waals surface area contributed by atoms with Crippen LogP contribution in [0.5, 0.6) is 11.6 Å². The average Bonchev–Trinajstić information content (AvgIpc) is 2.74. The van der Waals surface area contributed by atoms with Crippen LogP contribution in [-0.2, 0) is 6.18 Å². The summed E-state index contributed by atoms with van der Waals surface area (Å²) in [5.74, 6) is 1.10. The minimum absolute atomic E-state index is 0.0768. The fraction of sp³-hybridized carbons (Fsp3) is 0.150. The van der Waals surface area contributed by atoms with E-state index in [4.69, 9.17) is 4.74 Å². The largest absolute Gasteiger partial charge is 0.439 e. The van der Waals surface area contributed by atoms with E-state index in [1.54, 1.807) is 24.5 Å². The van der Waals surface area contributed by atoms with Crippen molar-refractivity contribution in [2.75, 3.05) is 5.32 Å². The average molecular weight is 412 g/mol. The highest BCUT2D eigenvalue weighted by molar-refractivity contribution is 5.81. The molecule has 0 bridgehead atoms. The van der Waals surface area contributed by atoms with Crippen LogP contribution >= 0.6 is 0 Å². The molecule has 0 saturated carbocycles. The number of halogens is 3. The molecule has 1 atom stereocenters. The first-order chi connectivity index (χ1) is 14.4. The van der Waals surface area contributed by atoms with Crippen LogP contribution in [0.15, 0.2) is 61.3 Å². The second kappa shape index (κ2) is 7.90. The number of alkyl halides is 3. The van der Waals surface area contributed by atoms with Crippen LogP contribution in [0.25, 0.3) is 11.2 Å². The molecular weight excluding hydrogens is 397 g/mol. The summed E-state index contributed by atoms with van der Waals surface area (Å²) < 4.78 is 43.3. The fourth-order valence-corrected chi connectivity index (χ4v) is 2.74. The first-order valence-corrected chi connectivity index (χ1v) is 8.89. The summed E-state index contributed by atoms with van der Waals surface area (Å²) in [7, 11) is 0. The van der Waals surface area contributed by atoms with Crippen LogP contribution < -0.4 is 10.1 Å². The van der Waals surface area contributed by atoms with Gasteiger partial charge in [-0.15, -0.1) is 0 Å². The molecule has 3 heterocycles. The lowest BCUT2D eigenvalue weighted by atomic mass is 10.1. The zero-order valence-electron chi connectivity index (χ0n) is 15.6. The van der Waals surface area contributed by atoms with Gasteiger partial charge in [0.15, 0.2) is 11.5 Å². The summed E-state index contributed by atoms with van der Waals surface area (Å²) in [6.45, 7) is 1.96. The van der Waals surface area contributed by atoms with Gasteiger partial charge in [-0.1, -0.05) is 12.1 Å². The molecule has 4 rings (SSSR count). The van der Waals surface area contributed by atoms with E-state index in [1.165, 1.54) is 12.4 Å². The van der Waals surface area contributed by atoms with E-state index in [-0.39, 0.29) is 11.9 Å². The second-order valence-electron chi connectivity index (χ2n) is 6.37. The molecule has 0 saturated heterocycles. The smallest absolute Gasteiger partial charge is 0.417 e. The van der Waals surface area contributed by atoms with Crippen molar-refractivity contribution < 1.29 is 17.9 Å². The Morgan fingerprint density at radius 3 is 2.37 bits per heavy atom. The highest BCUT2D eigenvalue weighted by atomic mass is 19.4. The summed E-state index contributed by atoms with van der Waals surface area (Å²) in [5, 5.41) is 3.28. The number of ether oxygens (including phenoxy) is 1. The monoisotopic (exact) mass is 412 g/mol. The molecule has 0 spiro atoms. The molecule has 3 aromatic heterocycles. The Hall–Kier alpha value is -3.82. The summed E-state index contributed by atoms with van der Waals surface area (Å²) in [4.78, 5) is 20.4. The lowest BCUT2D eigenvalue weighted by Crippen LogP contribution is -2.09. The highest BCUT2D eigenvalue weighted by Crippen LogP contribution is 2.30. The van der Waals surface area contributed by atoms with Crippen LogP contribution in [0.4, 0.5) is 19.0 Å². The number of nitrogens with zero attached hydrogens (tertiary/aromatic N) is 5. The number of hydrogen-bond acceptors (Lipinski definition) is 7. The van der Waals surface area contributed by atoms with Gasteiger partial charge in [0.05, 0.1) is 11.6 Å². The number of benzene rings is 1. The summed E-state index contributed by atoms with van der Waals surface area (Å²) >= 11 is 0. The van der Waals surface area contributed by atoms with Crippen molar-refractivity contribution in [1.29, 1.82) is 0 Å². The molecule has 0 radical (unpaired) electrons. The van der Waals surface area contributed by atoms with E-state index in [1.807, 2.05) is 19.1 Å². The maximum absolute atomic E-state index is 12.6. The zero-order chi connectivity index (χ0) is 21.1. The Morgan fingerprint density at radius 2 is 1.67 bits per heavy atom. The van der Waals surface area contributed by atoms with Gasteiger partial charge in [-0.3, -0.25) is 0 Å². The number of fused-ring (bicyclic) bond motifs is 1. The van der Waals surface area contributed by atoms with Crippen molar-refractivity contribution in [1.82, 2.24) is 24.9 Å². The Balaban J connectivity index is 1.45. The van der Waals surface area contributed by atoms with Crippen molar-refractivity contribution in [3.05, 3.63) is 72.4 Å². The van der Waals surface area contributed by atoms with Crippen molar-refractivity contribution in [2.24, 2.45) is 0 Å². The van der Waals surface area contributed by atoms with Crippen molar-refractivity contribution in [2.45, 2.75) is 19.1 Å². The minimum Gasteiger partial charge on any atom is -0.439 e. The fourth-order valence-electron chi connectivity index (χ4n) is 2.74. The van der Waals surface area contributed by atoms with E-state index >= 15 is 0 Å². The van der Waals surface area contributed by atoms with Gasteiger partial charge < -0.3 is 10.1 Å². The van der Waals surface area contributed by atoms with Crippen molar-refractivity contribution in [3.63, 3.8) is 0 Å². The van der Waals surface area contributed by atoms with E-state index in [2.05, 4.69) is 30.2 Å². The third kappa shape index (κ3) is 4.27. The van der Waals surface area contributed by atoms with Gasteiger partial charge in [-0.2, -0.15) is 13.2 Å². The standard InChI is InChI=1S/C20H15F3N6O/c1-12(29-19-17-18(27-11-28-19)25-9-8-24-17)13-2-5-15(6-3-13)30-16-7-4-14(10-26-16)20(21,22)23/h2-12H,1H3,(H,25,27,28,29). The van der Waals surface area contributed by atoms with Gasteiger partial charge in [0.25, 0.3) is 0 Å². The molecule has 0 aliphatic heterocycles. The highest BCUT2D eigenvalue weighted by Gasteiger charge is 2.30. The van der Waals surface area contributed by atoms with Crippen molar-refractivity contribution in [3.8, 4) is 11.6 Å². The number of hydrogen-bond donors (Lipinski definition) is 1. The summed E-state index contributed by atoms with van der Waals surface area (Å²) in [6.07, 6.45) is 0.858. The number of pyridine rings is 1. The minimum atomic E-state index is -4.43. The third-order valence-electron chi connectivity index (χ3n) is 4.29. The Labute approximate surface area is 169 Å². The van der Waals surface area contributed by atoms with Gasteiger partial charge >= 0.3 is 6.18 Å². The first kappa shape index (κ1) is 19.5. The molecule has 152 valence electrons. The molecule has 0 amide bonds. The molecule has 4 aromatic rings. The molecule has 0 fully saturated rings. The third-order valence-corrected chi connectivity index (χ3v) is 4.29. The first-order valence-electron chi connectivity index (χ1n) is 8.89. The van der Waals surface area contributed by atoms with E-state index in [0.717, 1.165) is 17.8 Å².